The summed E-state index contributed by atoms with van der Waals surface area (Å²) < 4.78 is 25.6. The second-order valence-corrected chi connectivity index (χ2v) is 8.57. The molecule has 0 saturated carbocycles. The van der Waals surface area contributed by atoms with E-state index in [1.54, 1.807) is 29.3 Å². The molecule has 1 fully saturated rings. The third kappa shape index (κ3) is 4.77. The van der Waals surface area contributed by atoms with Gasteiger partial charge in [0.1, 0.15) is 12.4 Å². The predicted octanol–water partition coefficient (Wildman–Crippen LogP) is 1.50. The number of carbonyl (C=O) groups is 1. The number of hydrogen-bond donors (Lipinski definition) is 0. The zero-order chi connectivity index (χ0) is 19.4. The van der Waals surface area contributed by atoms with Crippen LogP contribution in [0.5, 0.6) is 0 Å². The smallest absolute Gasteiger partial charge is 0.243 e. The molecule has 1 saturated heterocycles. The second-order valence-electron chi connectivity index (χ2n) is 6.66. The molecule has 1 aromatic carbocycles. The molecule has 0 spiro atoms. The molecule has 0 atom stereocenters. The lowest BCUT2D eigenvalue weighted by Crippen LogP contribution is -2.52. The van der Waals surface area contributed by atoms with Gasteiger partial charge >= 0.3 is 0 Å². The van der Waals surface area contributed by atoms with E-state index in [-0.39, 0.29) is 12.5 Å². The third-order valence-electron chi connectivity index (χ3n) is 4.57. The molecule has 2 aromatic rings. The minimum Gasteiger partial charge on any atom is -0.353 e. The minimum absolute atomic E-state index is 0.189. The highest BCUT2D eigenvalue weighted by Gasteiger charge is 2.26. The van der Waals surface area contributed by atoms with E-state index in [1.807, 2.05) is 31.2 Å². The van der Waals surface area contributed by atoms with Crippen molar-refractivity contribution >= 4 is 27.4 Å². The lowest BCUT2D eigenvalue weighted by molar-refractivity contribution is -0.129. The van der Waals surface area contributed by atoms with E-state index in [0.29, 0.717) is 31.9 Å². The Hall–Kier alpha value is -2.61. The van der Waals surface area contributed by atoms with Gasteiger partial charge in [0.05, 0.1) is 11.9 Å². The predicted molar refractivity (Wildman–Crippen MR) is 106 cm³/mol. The number of sulfonamides is 1. The summed E-state index contributed by atoms with van der Waals surface area (Å²) in [6.45, 7) is 4.13. The van der Waals surface area contributed by atoms with Crippen molar-refractivity contribution in [3.63, 3.8) is 0 Å². The van der Waals surface area contributed by atoms with E-state index >= 15 is 0 Å². The van der Waals surface area contributed by atoms with Crippen LogP contribution in [0.15, 0.2) is 48.7 Å². The van der Waals surface area contributed by atoms with E-state index in [1.165, 1.54) is 4.31 Å². The number of rotatable bonds is 5. The highest BCUT2D eigenvalue weighted by atomic mass is 32.2. The van der Waals surface area contributed by atoms with Gasteiger partial charge in [-0.05, 0) is 36.8 Å². The first-order valence-corrected chi connectivity index (χ1v) is 10.7. The topological polar surface area (TPSA) is 73.8 Å². The average Bonchev–Trinajstić information content (AvgIpc) is 2.66. The summed E-state index contributed by atoms with van der Waals surface area (Å²) >= 11 is 0. The van der Waals surface area contributed by atoms with Gasteiger partial charge in [-0.25, -0.2) is 13.4 Å². The highest BCUT2D eigenvalue weighted by Crippen LogP contribution is 2.19. The Bertz CT molecular complexity index is 894. The quantitative estimate of drug-likeness (QED) is 0.776. The monoisotopic (exact) mass is 388 g/mol. The van der Waals surface area contributed by atoms with Crippen LogP contribution in [0.1, 0.15) is 5.56 Å². The van der Waals surface area contributed by atoms with Gasteiger partial charge in [0.15, 0.2) is 0 Å². The van der Waals surface area contributed by atoms with Crippen molar-refractivity contribution in [2.75, 3.05) is 48.2 Å². The molecule has 27 heavy (non-hydrogen) atoms. The molecular formula is C19H24N4O3S. The first-order valence-electron chi connectivity index (χ1n) is 8.83. The van der Waals surface area contributed by atoms with Crippen LogP contribution in [0, 0.1) is 6.92 Å². The van der Waals surface area contributed by atoms with Gasteiger partial charge < -0.3 is 9.80 Å². The number of anilines is 2. The summed E-state index contributed by atoms with van der Waals surface area (Å²) in [5.41, 5.74) is 1.45. The zero-order valence-corrected chi connectivity index (χ0v) is 16.4. The molecule has 1 aliphatic heterocycles. The number of hydrogen-bond acceptors (Lipinski definition) is 5. The molecule has 0 N–H and O–H groups in total. The maximum Gasteiger partial charge on any atom is 0.243 e. The SMILES string of the molecule is Cc1cccc(N(CC(=O)N2CCN(c3ccccn3)CC2)S(C)(=O)=O)c1. The lowest BCUT2D eigenvalue weighted by Gasteiger charge is -2.36. The van der Waals surface area contributed by atoms with Crippen molar-refractivity contribution in [3.8, 4) is 0 Å². The third-order valence-corrected chi connectivity index (χ3v) is 5.72. The molecular weight excluding hydrogens is 364 g/mol. The Balaban J connectivity index is 1.67. The molecule has 0 bridgehead atoms. The molecule has 8 heteroatoms. The molecule has 0 unspecified atom stereocenters. The molecule has 0 radical (unpaired) electrons. The number of benzene rings is 1. The lowest BCUT2D eigenvalue weighted by atomic mass is 10.2. The fraction of sp³-hybridized carbons (Fsp3) is 0.368. The van der Waals surface area contributed by atoms with Gasteiger partial charge in [0, 0.05) is 32.4 Å². The van der Waals surface area contributed by atoms with Gasteiger partial charge in [-0.15, -0.1) is 0 Å². The Morgan fingerprint density at radius 3 is 2.44 bits per heavy atom. The average molecular weight is 388 g/mol. The number of aryl methyl sites for hydroxylation is 1. The van der Waals surface area contributed by atoms with Crippen molar-refractivity contribution in [1.29, 1.82) is 0 Å². The fourth-order valence-corrected chi connectivity index (χ4v) is 3.97. The summed E-state index contributed by atoms with van der Waals surface area (Å²) in [6.07, 6.45) is 2.88. The molecule has 1 amide bonds. The first kappa shape index (κ1) is 19.2. The molecule has 2 heterocycles. The first-order chi connectivity index (χ1) is 12.8. The summed E-state index contributed by atoms with van der Waals surface area (Å²) in [5.74, 6) is 0.699. The Kier molecular flexibility index (Phi) is 5.65. The maximum absolute atomic E-state index is 12.7. The van der Waals surface area contributed by atoms with Crippen molar-refractivity contribution in [3.05, 3.63) is 54.2 Å². The normalized spacial score (nSPS) is 14.9. The molecule has 1 aliphatic rings. The van der Waals surface area contributed by atoms with Gasteiger partial charge in [-0.2, -0.15) is 0 Å². The molecule has 3 rings (SSSR count). The van der Waals surface area contributed by atoms with Crippen LogP contribution in [-0.4, -0.2) is 63.2 Å². The van der Waals surface area contributed by atoms with Crippen LogP contribution < -0.4 is 9.21 Å². The van der Waals surface area contributed by atoms with E-state index in [2.05, 4.69) is 9.88 Å². The number of piperazine rings is 1. The number of nitrogens with zero attached hydrogens (tertiary/aromatic N) is 4. The molecule has 7 nitrogen and oxygen atoms in total. The van der Waals surface area contributed by atoms with Gasteiger partial charge in [-0.1, -0.05) is 18.2 Å². The van der Waals surface area contributed by atoms with E-state index in [9.17, 15) is 13.2 Å². The Labute approximate surface area is 160 Å². The molecule has 144 valence electrons. The van der Waals surface area contributed by atoms with E-state index in [0.717, 1.165) is 17.6 Å². The van der Waals surface area contributed by atoms with Crippen molar-refractivity contribution in [1.82, 2.24) is 9.88 Å². The van der Waals surface area contributed by atoms with Crippen LogP contribution in [-0.2, 0) is 14.8 Å². The van der Waals surface area contributed by atoms with Crippen LogP contribution in [0.3, 0.4) is 0 Å². The highest BCUT2D eigenvalue weighted by molar-refractivity contribution is 7.92. The summed E-state index contributed by atoms with van der Waals surface area (Å²) in [4.78, 5) is 20.9. The summed E-state index contributed by atoms with van der Waals surface area (Å²) in [6, 6.07) is 12.9. The van der Waals surface area contributed by atoms with E-state index < -0.39 is 10.0 Å². The van der Waals surface area contributed by atoms with E-state index in [4.69, 9.17) is 0 Å². The Morgan fingerprint density at radius 2 is 1.85 bits per heavy atom. The summed E-state index contributed by atoms with van der Waals surface area (Å²) in [5, 5.41) is 0. The van der Waals surface area contributed by atoms with Gasteiger partial charge in [0.2, 0.25) is 15.9 Å². The van der Waals surface area contributed by atoms with Crippen molar-refractivity contribution in [2.45, 2.75) is 6.92 Å². The van der Waals surface area contributed by atoms with Crippen molar-refractivity contribution < 1.29 is 13.2 Å². The molecule has 0 aliphatic carbocycles. The largest absolute Gasteiger partial charge is 0.353 e. The minimum atomic E-state index is -3.56. The van der Waals surface area contributed by atoms with Crippen LogP contribution in [0.2, 0.25) is 0 Å². The van der Waals surface area contributed by atoms with Crippen LogP contribution >= 0.6 is 0 Å². The van der Waals surface area contributed by atoms with Crippen LogP contribution in [0.4, 0.5) is 11.5 Å². The number of carbonyl (C=O) groups excluding carboxylic acids is 1. The Morgan fingerprint density at radius 1 is 1.11 bits per heavy atom. The second kappa shape index (κ2) is 7.96. The van der Waals surface area contributed by atoms with Gasteiger partial charge in [-0.3, -0.25) is 9.10 Å². The maximum atomic E-state index is 12.7. The van der Waals surface area contributed by atoms with Crippen molar-refractivity contribution in [2.24, 2.45) is 0 Å². The summed E-state index contributed by atoms with van der Waals surface area (Å²) in [7, 11) is -3.56. The zero-order valence-electron chi connectivity index (χ0n) is 15.6. The number of aromatic nitrogens is 1. The van der Waals surface area contributed by atoms with Crippen LogP contribution in [0.25, 0.3) is 0 Å². The number of amides is 1. The fourth-order valence-electron chi connectivity index (χ4n) is 3.13. The number of pyridine rings is 1. The van der Waals surface area contributed by atoms with Gasteiger partial charge in [0.25, 0.3) is 0 Å². The standard InChI is InChI=1S/C19H24N4O3S/c1-16-6-5-7-17(14-16)23(27(2,25)26)15-19(24)22-12-10-21(11-13-22)18-8-3-4-9-20-18/h3-9,14H,10-13,15H2,1-2H3. The molecule has 1 aromatic heterocycles.